The van der Waals surface area contributed by atoms with E-state index in [1.807, 2.05) is 12.1 Å². The van der Waals surface area contributed by atoms with Gasteiger partial charge >= 0.3 is 0 Å². The van der Waals surface area contributed by atoms with Crippen molar-refractivity contribution < 1.29 is 4.43 Å². The number of hydrogen-bond donors (Lipinski definition) is 0. The quantitative estimate of drug-likeness (QED) is 0.608. The first kappa shape index (κ1) is 15.7. The molecule has 0 saturated carbocycles. The van der Waals surface area contributed by atoms with Crippen LogP contribution in [0.2, 0.25) is 11.6 Å². The van der Waals surface area contributed by atoms with Crippen LogP contribution in [0.3, 0.4) is 0 Å². The lowest BCUT2D eigenvalue weighted by atomic mass is 10.3. The second kappa shape index (κ2) is 6.68. The number of halogens is 1. The molecule has 101 valence electrons. The molecule has 5 heteroatoms. The van der Waals surface area contributed by atoms with E-state index in [-0.39, 0.29) is 0 Å². The van der Waals surface area contributed by atoms with Crippen molar-refractivity contribution in [3.63, 3.8) is 0 Å². The summed E-state index contributed by atoms with van der Waals surface area (Å²) >= 11 is 3.38. The van der Waals surface area contributed by atoms with Gasteiger partial charge in [0.05, 0.1) is 6.61 Å². The maximum absolute atomic E-state index is 5.96. The summed E-state index contributed by atoms with van der Waals surface area (Å²) in [6, 6.07) is 4.02. The fourth-order valence-corrected chi connectivity index (χ4v) is 2.49. The molecule has 0 bridgehead atoms. The van der Waals surface area contributed by atoms with E-state index < -0.39 is 9.04 Å². The zero-order chi connectivity index (χ0) is 13.8. The highest BCUT2D eigenvalue weighted by Crippen LogP contribution is 2.27. The summed E-state index contributed by atoms with van der Waals surface area (Å²) in [5, 5.41) is 0.295. The van der Waals surface area contributed by atoms with Gasteiger partial charge in [0, 0.05) is 25.5 Å². The van der Waals surface area contributed by atoms with E-state index in [1.165, 1.54) is 0 Å². The fourth-order valence-electron chi connectivity index (χ4n) is 1.31. The summed E-state index contributed by atoms with van der Waals surface area (Å²) in [6.45, 7) is 10.6. The SMILES string of the molecule is CN(CCO[Si](C)C(C)(C)C)c1ccnc(Br)c1. The minimum Gasteiger partial charge on any atom is -0.415 e. The summed E-state index contributed by atoms with van der Waals surface area (Å²) in [5.74, 6) is 0. The Bertz CT molecular complexity index is 381. The van der Waals surface area contributed by atoms with E-state index in [9.17, 15) is 0 Å². The number of likely N-dealkylation sites (N-methyl/N-ethyl adjacent to an activating group) is 1. The Hall–Kier alpha value is -0.393. The minimum atomic E-state index is -0.739. The fraction of sp³-hybridized carbons (Fsp3) is 0.615. The van der Waals surface area contributed by atoms with Crippen molar-refractivity contribution in [1.29, 1.82) is 0 Å². The summed E-state index contributed by atoms with van der Waals surface area (Å²) in [4.78, 5) is 6.31. The van der Waals surface area contributed by atoms with Crippen LogP contribution in [0.4, 0.5) is 5.69 Å². The molecule has 0 spiro atoms. The van der Waals surface area contributed by atoms with Gasteiger partial charge in [-0.05, 0) is 39.6 Å². The van der Waals surface area contributed by atoms with Gasteiger partial charge in [-0.15, -0.1) is 0 Å². The van der Waals surface area contributed by atoms with Crippen molar-refractivity contribution in [1.82, 2.24) is 4.98 Å². The van der Waals surface area contributed by atoms with E-state index in [0.717, 1.165) is 23.4 Å². The molecule has 0 aromatic carbocycles. The van der Waals surface area contributed by atoms with Gasteiger partial charge < -0.3 is 9.33 Å². The molecule has 1 heterocycles. The van der Waals surface area contributed by atoms with Crippen molar-refractivity contribution in [2.45, 2.75) is 32.4 Å². The summed E-state index contributed by atoms with van der Waals surface area (Å²) in [5.41, 5.74) is 1.15. The van der Waals surface area contributed by atoms with Crippen LogP contribution in [0.15, 0.2) is 22.9 Å². The Morgan fingerprint density at radius 1 is 1.44 bits per heavy atom. The Morgan fingerprint density at radius 2 is 2.11 bits per heavy atom. The Labute approximate surface area is 120 Å². The highest BCUT2D eigenvalue weighted by molar-refractivity contribution is 9.10. The van der Waals surface area contributed by atoms with E-state index in [0.29, 0.717) is 5.04 Å². The van der Waals surface area contributed by atoms with Gasteiger partial charge in [-0.1, -0.05) is 20.8 Å². The average Bonchev–Trinajstić information content (AvgIpc) is 2.27. The summed E-state index contributed by atoms with van der Waals surface area (Å²) < 4.78 is 6.83. The molecular weight excluding hydrogens is 308 g/mol. The highest BCUT2D eigenvalue weighted by Gasteiger charge is 2.23. The normalized spacial score (nSPS) is 11.9. The third kappa shape index (κ3) is 5.08. The van der Waals surface area contributed by atoms with Crippen molar-refractivity contribution >= 4 is 30.7 Å². The first-order valence-electron chi connectivity index (χ1n) is 6.10. The summed E-state index contributed by atoms with van der Waals surface area (Å²) in [7, 11) is 1.34. The van der Waals surface area contributed by atoms with E-state index in [2.05, 4.69) is 60.2 Å². The molecule has 0 atom stereocenters. The van der Waals surface area contributed by atoms with Crippen LogP contribution in [-0.2, 0) is 4.43 Å². The lowest BCUT2D eigenvalue weighted by Crippen LogP contribution is -2.30. The summed E-state index contributed by atoms with van der Waals surface area (Å²) in [6.07, 6.45) is 1.81. The van der Waals surface area contributed by atoms with Gasteiger partial charge in [0.1, 0.15) is 4.60 Å². The number of rotatable bonds is 5. The Morgan fingerprint density at radius 3 is 2.67 bits per heavy atom. The lowest BCUT2D eigenvalue weighted by molar-refractivity contribution is 0.314. The van der Waals surface area contributed by atoms with Crippen LogP contribution in [0.25, 0.3) is 0 Å². The predicted molar refractivity (Wildman–Crippen MR) is 82.5 cm³/mol. The largest absolute Gasteiger partial charge is 0.415 e. The molecule has 18 heavy (non-hydrogen) atoms. The third-order valence-electron chi connectivity index (χ3n) is 2.95. The van der Waals surface area contributed by atoms with Crippen LogP contribution in [-0.4, -0.2) is 34.2 Å². The molecule has 1 rings (SSSR count). The zero-order valence-corrected chi connectivity index (χ0v) is 14.4. The number of nitrogens with zero attached hydrogens (tertiary/aromatic N) is 2. The molecule has 0 fully saturated rings. The van der Waals surface area contributed by atoms with E-state index in [1.54, 1.807) is 6.20 Å². The second-order valence-corrected chi connectivity index (χ2v) is 9.13. The highest BCUT2D eigenvalue weighted by atomic mass is 79.9. The molecular formula is C13H22BrN2OSi. The van der Waals surface area contributed by atoms with Gasteiger partial charge in [0.2, 0.25) is 9.04 Å². The molecule has 1 aromatic heterocycles. The predicted octanol–water partition coefficient (Wildman–Crippen LogP) is 3.72. The molecule has 1 radical (unpaired) electrons. The third-order valence-corrected chi connectivity index (χ3v) is 6.14. The van der Waals surface area contributed by atoms with Crippen LogP contribution in [0.1, 0.15) is 20.8 Å². The molecule has 0 saturated heterocycles. The van der Waals surface area contributed by atoms with Gasteiger partial charge in [0.25, 0.3) is 0 Å². The zero-order valence-electron chi connectivity index (χ0n) is 11.8. The first-order chi connectivity index (χ1) is 8.30. The molecule has 0 aliphatic rings. The average molecular weight is 330 g/mol. The molecule has 0 aliphatic carbocycles. The van der Waals surface area contributed by atoms with Gasteiger partial charge in [0.15, 0.2) is 0 Å². The van der Waals surface area contributed by atoms with Gasteiger partial charge in [-0.25, -0.2) is 4.98 Å². The van der Waals surface area contributed by atoms with Crippen molar-refractivity contribution in [2.24, 2.45) is 0 Å². The second-order valence-electron chi connectivity index (χ2n) is 5.41. The number of pyridine rings is 1. The van der Waals surface area contributed by atoms with Gasteiger partial charge in [-0.3, -0.25) is 0 Å². The minimum absolute atomic E-state index is 0.295. The van der Waals surface area contributed by atoms with Crippen molar-refractivity contribution in [3.05, 3.63) is 22.9 Å². The Balaban J connectivity index is 2.40. The van der Waals surface area contributed by atoms with E-state index in [4.69, 9.17) is 4.43 Å². The molecule has 0 N–H and O–H groups in total. The Kier molecular flexibility index (Phi) is 5.81. The van der Waals surface area contributed by atoms with Crippen LogP contribution < -0.4 is 4.90 Å². The van der Waals surface area contributed by atoms with Crippen LogP contribution in [0.5, 0.6) is 0 Å². The van der Waals surface area contributed by atoms with Crippen molar-refractivity contribution in [2.75, 3.05) is 25.1 Å². The number of hydrogen-bond acceptors (Lipinski definition) is 3. The molecule has 0 amide bonds. The number of anilines is 1. The van der Waals surface area contributed by atoms with Crippen molar-refractivity contribution in [3.8, 4) is 0 Å². The standard InChI is InChI=1S/C13H22BrN2OSi/c1-13(2,3)18(5)17-9-8-16(4)11-6-7-15-12(14)10-11/h6-7,10H,8-9H2,1-5H3. The van der Waals surface area contributed by atoms with E-state index >= 15 is 0 Å². The molecule has 3 nitrogen and oxygen atoms in total. The molecule has 0 unspecified atom stereocenters. The first-order valence-corrected chi connectivity index (χ1v) is 8.80. The smallest absolute Gasteiger partial charge is 0.213 e. The maximum atomic E-state index is 5.96. The topological polar surface area (TPSA) is 25.4 Å². The molecule has 0 aliphatic heterocycles. The van der Waals surface area contributed by atoms with Gasteiger partial charge in [-0.2, -0.15) is 0 Å². The lowest BCUT2D eigenvalue weighted by Gasteiger charge is -2.26. The van der Waals surface area contributed by atoms with Crippen LogP contribution >= 0.6 is 15.9 Å². The maximum Gasteiger partial charge on any atom is 0.213 e. The monoisotopic (exact) mass is 329 g/mol. The molecule has 1 aromatic rings. The number of aromatic nitrogens is 1. The van der Waals surface area contributed by atoms with Crippen LogP contribution in [0, 0.1) is 0 Å².